The summed E-state index contributed by atoms with van der Waals surface area (Å²) in [5.74, 6) is 0.549. The minimum absolute atomic E-state index is 0.00541. The van der Waals surface area contributed by atoms with Crippen molar-refractivity contribution in [1.29, 1.82) is 0 Å². The fourth-order valence-corrected chi connectivity index (χ4v) is 3.52. The first-order valence-electron chi connectivity index (χ1n) is 8.74. The second-order valence-electron chi connectivity index (χ2n) is 6.51. The average molecular weight is 363 g/mol. The van der Waals surface area contributed by atoms with Crippen LogP contribution in [0.2, 0.25) is 0 Å². The molecule has 1 atom stereocenters. The molecule has 1 unspecified atom stereocenters. The van der Waals surface area contributed by atoms with Gasteiger partial charge in [0.25, 0.3) is 0 Å². The van der Waals surface area contributed by atoms with Crippen molar-refractivity contribution in [3.05, 3.63) is 48.0 Å². The van der Waals surface area contributed by atoms with Crippen LogP contribution in [0.3, 0.4) is 0 Å². The standard InChI is InChI=1S/C19H21N7O/c20-15-17(21)24-19(22)25-18(15)26-9-8-23-10-14(26)16(27)13-7-3-5-11-4-1-2-6-12(11)13/h1-7,14,23H,8-10,20H2,(H4,21,22,24,25). The fraction of sp³-hybridized carbons (Fsp3) is 0.211. The fourth-order valence-electron chi connectivity index (χ4n) is 3.52. The second kappa shape index (κ2) is 6.73. The predicted octanol–water partition coefficient (Wildman–Crippen LogP) is 1.04. The Bertz CT molecular complexity index is 1010. The second-order valence-corrected chi connectivity index (χ2v) is 6.51. The lowest BCUT2D eigenvalue weighted by Crippen LogP contribution is -2.55. The molecule has 0 radical (unpaired) electrons. The minimum Gasteiger partial charge on any atom is -0.393 e. The summed E-state index contributed by atoms with van der Waals surface area (Å²) in [6, 6.07) is 13.1. The summed E-state index contributed by atoms with van der Waals surface area (Å²) in [6.45, 7) is 1.73. The Labute approximate surface area is 156 Å². The van der Waals surface area contributed by atoms with Crippen LogP contribution in [0.1, 0.15) is 10.4 Å². The lowest BCUT2D eigenvalue weighted by Gasteiger charge is -2.37. The minimum atomic E-state index is -0.472. The van der Waals surface area contributed by atoms with Crippen molar-refractivity contribution in [2.45, 2.75) is 6.04 Å². The Hall–Kier alpha value is -3.39. The average Bonchev–Trinajstić information content (AvgIpc) is 2.70. The summed E-state index contributed by atoms with van der Waals surface area (Å²) >= 11 is 0. The first-order chi connectivity index (χ1) is 13.1. The van der Waals surface area contributed by atoms with Gasteiger partial charge >= 0.3 is 0 Å². The molecule has 0 bridgehead atoms. The van der Waals surface area contributed by atoms with Gasteiger partial charge in [-0.3, -0.25) is 4.79 Å². The Morgan fingerprint density at radius 3 is 2.70 bits per heavy atom. The zero-order valence-corrected chi connectivity index (χ0v) is 14.7. The summed E-state index contributed by atoms with van der Waals surface area (Å²) in [6.07, 6.45) is 0. The first kappa shape index (κ1) is 17.0. The number of nitrogen functional groups attached to an aromatic ring is 3. The van der Waals surface area contributed by atoms with E-state index in [4.69, 9.17) is 17.2 Å². The van der Waals surface area contributed by atoms with Crippen molar-refractivity contribution in [2.24, 2.45) is 0 Å². The molecule has 3 aromatic rings. The van der Waals surface area contributed by atoms with E-state index < -0.39 is 6.04 Å². The number of carbonyl (C=O) groups excluding carboxylic acids is 1. The van der Waals surface area contributed by atoms with Gasteiger partial charge in [0.1, 0.15) is 11.7 Å². The molecule has 138 valence electrons. The van der Waals surface area contributed by atoms with Crippen molar-refractivity contribution in [3.63, 3.8) is 0 Å². The van der Waals surface area contributed by atoms with Crippen LogP contribution < -0.4 is 27.4 Å². The summed E-state index contributed by atoms with van der Waals surface area (Å²) in [5, 5.41) is 5.22. The number of nitrogens with zero attached hydrogens (tertiary/aromatic N) is 3. The number of rotatable bonds is 3. The van der Waals surface area contributed by atoms with Crippen LogP contribution in [-0.4, -0.2) is 41.4 Å². The third-order valence-corrected chi connectivity index (χ3v) is 4.85. The maximum absolute atomic E-state index is 13.5. The molecular formula is C19H21N7O. The molecule has 1 aliphatic heterocycles. The van der Waals surface area contributed by atoms with E-state index in [0.717, 1.165) is 10.8 Å². The molecule has 2 heterocycles. The molecule has 4 rings (SSSR count). The molecule has 27 heavy (non-hydrogen) atoms. The largest absolute Gasteiger partial charge is 0.393 e. The van der Waals surface area contributed by atoms with Crippen LogP contribution in [0.25, 0.3) is 10.8 Å². The van der Waals surface area contributed by atoms with Crippen LogP contribution in [0.5, 0.6) is 0 Å². The van der Waals surface area contributed by atoms with Crippen molar-refractivity contribution in [2.75, 3.05) is 41.7 Å². The van der Waals surface area contributed by atoms with E-state index in [9.17, 15) is 4.79 Å². The molecule has 0 amide bonds. The molecule has 0 aliphatic carbocycles. The van der Waals surface area contributed by atoms with E-state index in [-0.39, 0.29) is 23.2 Å². The van der Waals surface area contributed by atoms with Gasteiger partial charge in [-0.25, -0.2) is 0 Å². The van der Waals surface area contributed by atoms with Gasteiger partial charge in [0, 0.05) is 25.2 Å². The molecule has 0 spiro atoms. The van der Waals surface area contributed by atoms with E-state index >= 15 is 0 Å². The maximum Gasteiger partial charge on any atom is 0.224 e. The number of nitrogens with one attached hydrogen (secondary N) is 1. The Morgan fingerprint density at radius 1 is 1.07 bits per heavy atom. The molecule has 0 saturated carbocycles. The molecule has 8 heteroatoms. The maximum atomic E-state index is 13.5. The summed E-state index contributed by atoms with van der Waals surface area (Å²) in [7, 11) is 0. The number of nitrogens with two attached hydrogens (primary N) is 3. The Morgan fingerprint density at radius 2 is 1.85 bits per heavy atom. The van der Waals surface area contributed by atoms with Crippen LogP contribution >= 0.6 is 0 Å². The SMILES string of the molecule is Nc1nc(N)c(N)c(N2CCNCC2C(=O)c2cccc3ccccc23)n1. The van der Waals surface area contributed by atoms with Gasteiger partial charge in [0.2, 0.25) is 5.95 Å². The van der Waals surface area contributed by atoms with Gasteiger partial charge in [-0.1, -0.05) is 42.5 Å². The lowest BCUT2D eigenvalue weighted by molar-refractivity contribution is 0.0952. The van der Waals surface area contributed by atoms with Crippen LogP contribution in [-0.2, 0) is 0 Å². The van der Waals surface area contributed by atoms with E-state index in [1.165, 1.54) is 0 Å². The molecule has 8 nitrogen and oxygen atoms in total. The summed E-state index contributed by atoms with van der Waals surface area (Å²) in [4.78, 5) is 23.5. The monoisotopic (exact) mass is 363 g/mol. The smallest absolute Gasteiger partial charge is 0.224 e. The highest BCUT2D eigenvalue weighted by molar-refractivity contribution is 6.11. The number of fused-ring (bicyclic) bond motifs is 1. The molecule has 1 fully saturated rings. The van der Waals surface area contributed by atoms with Gasteiger partial charge in [0.15, 0.2) is 17.4 Å². The van der Waals surface area contributed by atoms with Crippen LogP contribution in [0.15, 0.2) is 42.5 Å². The van der Waals surface area contributed by atoms with E-state index in [1.54, 1.807) is 0 Å². The van der Waals surface area contributed by atoms with Gasteiger partial charge in [0.05, 0.1) is 0 Å². The number of Topliss-reactive ketones (excluding diaryl/α,β-unsaturated/α-hetero) is 1. The zero-order chi connectivity index (χ0) is 19.0. The number of carbonyl (C=O) groups is 1. The molecule has 1 saturated heterocycles. The Balaban J connectivity index is 1.78. The van der Waals surface area contributed by atoms with E-state index in [1.807, 2.05) is 47.4 Å². The highest BCUT2D eigenvalue weighted by atomic mass is 16.1. The van der Waals surface area contributed by atoms with Crippen molar-refractivity contribution >= 4 is 39.8 Å². The topological polar surface area (TPSA) is 136 Å². The normalized spacial score (nSPS) is 17.2. The zero-order valence-electron chi connectivity index (χ0n) is 14.7. The van der Waals surface area contributed by atoms with Crippen molar-refractivity contribution in [1.82, 2.24) is 15.3 Å². The lowest BCUT2D eigenvalue weighted by atomic mass is 9.95. The predicted molar refractivity (Wildman–Crippen MR) is 108 cm³/mol. The van der Waals surface area contributed by atoms with Crippen LogP contribution in [0, 0.1) is 0 Å². The van der Waals surface area contributed by atoms with Gasteiger partial charge < -0.3 is 27.4 Å². The summed E-state index contributed by atoms with van der Waals surface area (Å²) < 4.78 is 0. The van der Waals surface area contributed by atoms with E-state index in [0.29, 0.717) is 31.0 Å². The number of ketones is 1. The third kappa shape index (κ3) is 3.00. The highest BCUT2D eigenvalue weighted by Gasteiger charge is 2.32. The molecule has 1 aliphatic rings. The third-order valence-electron chi connectivity index (χ3n) is 4.85. The highest BCUT2D eigenvalue weighted by Crippen LogP contribution is 2.30. The molecule has 2 aromatic carbocycles. The number of hydrogen-bond acceptors (Lipinski definition) is 8. The van der Waals surface area contributed by atoms with Gasteiger partial charge in [-0.05, 0) is 10.8 Å². The van der Waals surface area contributed by atoms with Gasteiger partial charge in [-0.15, -0.1) is 0 Å². The number of hydrogen-bond donors (Lipinski definition) is 4. The summed E-state index contributed by atoms with van der Waals surface area (Å²) in [5.41, 5.74) is 18.6. The van der Waals surface area contributed by atoms with Crippen molar-refractivity contribution in [3.8, 4) is 0 Å². The first-order valence-corrected chi connectivity index (χ1v) is 8.74. The number of benzene rings is 2. The molecule has 7 N–H and O–H groups in total. The van der Waals surface area contributed by atoms with Crippen molar-refractivity contribution < 1.29 is 4.79 Å². The van der Waals surface area contributed by atoms with Gasteiger partial charge in [-0.2, -0.15) is 9.97 Å². The quantitative estimate of drug-likeness (QED) is 0.507. The molecule has 1 aromatic heterocycles. The van der Waals surface area contributed by atoms with Crippen LogP contribution in [0.4, 0.5) is 23.3 Å². The molecular weight excluding hydrogens is 342 g/mol. The number of piperazine rings is 1. The van der Waals surface area contributed by atoms with E-state index in [2.05, 4.69) is 15.3 Å². The Kier molecular flexibility index (Phi) is 4.25. The number of anilines is 4. The number of aromatic nitrogens is 2.